The number of hydrogen-bond acceptors (Lipinski definition) is 6. The van der Waals surface area contributed by atoms with Gasteiger partial charge in [0, 0.05) is 7.05 Å². The third-order valence-electron chi connectivity index (χ3n) is 3.33. The first kappa shape index (κ1) is 12.3. The summed E-state index contributed by atoms with van der Waals surface area (Å²) >= 11 is 0. The average molecular weight is 265 g/mol. The van der Waals surface area contributed by atoms with Crippen molar-refractivity contribution in [2.45, 2.75) is 25.2 Å². The van der Waals surface area contributed by atoms with Gasteiger partial charge in [0.1, 0.15) is 18.2 Å². The van der Waals surface area contributed by atoms with Crippen LogP contribution in [0.1, 0.15) is 19.1 Å². The molecule has 102 valence electrons. The third kappa shape index (κ3) is 2.03. The minimum absolute atomic E-state index is 0.0219. The van der Waals surface area contributed by atoms with Crippen LogP contribution in [0.2, 0.25) is 0 Å². The molecule has 0 spiro atoms. The Kier molecular flexibility index (Phi) is 3.05. The van der Waals surface area contributed by atoms with Crippen molar-refractivity contribution in [2.75, 3.05) is 6.61 Å². The highest BCUT2D eigenvalue weighted by Crippen LogP contribution is 2.30. The summed E-state index contributed by atoms with van der Waals surface area (Å²) in [5, 5.41) is 0. The van der Waals surface area contributed by atoms with E-state index in [9.17, 15) is 4.79 Å². The lowest BCUT2D eigenvalue weighted by Gasteiger charge is -2.15. The normalized spacial score (nSPS) is 23.3. The Bertz CT molecular complexity index is 649. The Hall–Kier alpha value is -1.77. The Morgan fingerprint density at radius 2 is 2.32 bits per heavy atom. The molecular weight excluding hydrogens is 250 g/mol. The van der Waals surface area contributed by atoms with Gasteiger partial charge in [-0.15, -0.1) is 0 Å². The highest BCUT2D eigenvalue weighted by Gasteiger charge is 2.28. The number of fused-ring (bicyclic) bond motifs is 1. The van der Waals surface area contributed by atoms with Crippen LogP contribution in [0.3, 0.4) is 0 Å². The molecule has 0 aliphatic carbocycles. The maximum atomic E-state index is 11.6. The standard InChI is InChI=1S/C11H15N5O3/c1-15-5-14-10(17)9-11(15)16(6-13-9)8-3-2-7(19-8)4-18-12/h5-8H,2-4,12H2,1H3. The molecule has 2 N–H and O–H groups in total. The van der Waals surface area contributed by atoms with Crippen LogP contribution in [0.4, 0.5) is 0 Å². The van der Waals surface area contributed by atoms with Crippen molar-refractivity contribution in [1.82, 2.24) is 19.1 Å². The third-order valence-corrected chi connectivity index (χ3v) is 3.33. The number of rotatable bonds is 3. The molecule has 1 saturated heterocycles. The second-order valence-electron chi connectivity index (χ2n) is 4.61. The Morgan fingerprint density at radius 3 is 3.11 bits per heavy atom. The zero-order chi connectivity index (χ0) is 13.4. The van der Waals surface area contributed by atoms with Crippen LogP contribution >= 0.6 is 0 Å². The van der Waals surface area contributed by atoms with Gasteiger partial charge in [0.25, 0.3) is 0 Å². The van der Waals surface area contributed by atoms with E-state index in [1.165, 1.54) is 6.33 Å². The summed E-state index contributed by atoms with van der Waals surface area (Å²) in [6, 6.07) is 0. The van der Waals surface area contributed by atoms with Gasteiger partial charge in [-0.3, -0.25) is 9.36 Å². The van der Waals surface area contributed by atoms with Crippen LogP contribution < -0.4 is 11.5 Å². The molecule has 0 aromatic carbocycles. The van der Waals surface area contributed by atoms with Crippen LogP contribution in [0.5, 0.6) is 0 Å². The largest absolute Gasteiger partial charge is 0.352 e. The van der Waals surface area contributed by atoms with Gasteiger partial charge in [0.15, 0.2) is 5.52 Å². The molecule has 3 rings (SSSR count). The molecule has 0 saturated carbocycles. The van der Waals surface area contributed by atoms with Crippen molar-refractivity contribution < 1.29 is 9.57 Å². The first-order valence-electron chi connectivity index (χ1n) is 6.06. The molecule has 8 heteroatoms. The van der Waals surface area contributed by atoms with Gasteiger partial charge in [-0.1, -0.05) is 0 Å². The molecule has 0 radical (unpaired) electrons. The fraction of sp³-hybridized carbons (Fsp3) is 0.545. The van der Waals surface area contributed by atoms with Crippen LogP contribution in [0.15, 0.2) is 17.4 Å². The SMILES string of the molecule is Cn1cnc(=O)c2ncn(C3CCC(CON)O3)c21. The molecule has 0 bridgehead atoms. The summed E-state index contributed by atoms with van der Waals surface area (Å²) in [5.41, 5.74) is 0.734. The lowest BCUT2D eigenvalue weighted by Crippen LogP contribution is -2.19. The summed E-state index contributed by atoms with van der Waals surface area (Å²) in [4.78, 5) is 24.1. The van der Waals surface area contributed by atoms with Crippen molar-refractivity contribution in [3.63, 3.8) is 0 Å². The lowest BCUT2D eigenvalue weighted by molar-refractivity contribution is -0.0405. The second kappa shape index (κ2) is 4.72. The number of aryl methyl sites for hydroxylation is 1. The van der Waals surface area contributed by atoms with E-state index in [0.717, 1.165) is 12.8 Å². The Labute approximate surface area is 108 Å². The fourth-order valence-electron chi connectivity index (χ4n) is 2.44. The Balaban J connectivity index is 1.98. The zero-order valence-electron chi connectivity index (χ0n) is 10.5. The van der Waals surface area contributed by atoms with E-state index < -0.39 is 0 Å². The molecule has 3 heterocycles. The minimum Gasteiger partial charge on any atom is -0.352 e. The molecule has 19 heavy (non-hydrogen) atoms. The quantitative estimate of drug-likeness (QED) is 0.765. The number of hydrogen-bond donors (Lipinski definition) is 1. The monoisotopic (exact) mass is 265 g/mol. The Morgan fingerprint density at radius 1 is 1.47 bits per heavy atom. The molecule has 8 nitrogen and oxygen atoms in total. The molecule has 1 aliphatic heterocycles. The van der Waals surface area contributed by atoms with E-state index >= 15 is 0 Å². The van der Waals surface area contributed by atoms with Gasteiger partial charge in [-0.05, 0) is 12.8 Å². The van der Waals surface area contributed by atoms with Crippen molar-refractivity contribution in [3.8, 4) is 0 Å². The first-order valence-corrected chi connectivity index (χ1v) is 6.06. The number of nitrogens with two attached hydrogens (primary N) is 1. The number of nitrogens with zero attached hydrogens (tertiary/aromatic N) is 4. The zero-order valence-corrected chi connectivity index (χ0v) is 10.5. The molecule has 1 fully saturated rings. The molecule has 0 amide bonds. The predicted octanol–water partition coefficient (Wildman–Crippen LogP) is -0.302. The highest BCUT2D eigenvalue weighted by molar-refractivity contribution is 5.69. The lowest BCUT2D eigenvalue weighted by atomic mass is 10.2. The minimum atomic E-state index is -0.327. The van der Waals surface area contributed by atoms with E-state index in [1.807, 2.05) is 11.6 Å². The highest BCUT2D eigenvalue weighted by atomic mass is 16.6. The average Bonchev–Trinajstić information content (AvgIpc) is 3.00. The summed E-state index contributed by atoms with van der Waals surface area (Å²) in [6.45, 7) is 0.365. The molecule has 2 atom stereocenters. The molecule has 1 aliphatic rings. The van der Waals surface area contributed by atoms with Crippen molar-refractivity contribution in [1.29, 1.82) is 0 Å². The predicted molar refractivity (Wildman–Crippen MR) is 66.1 cm³/mol. The summed E-state index contributed by atoms with van der Waals surface area (Å²) in [7, 11) is 1.82. The van der Waals surface area contributed by atoms with Gasteiger partial charge in [0.2, 0.25) is 0 Å². The molecule has 2 aromatic rings. The number of ether oxygens (including phenoxy) is 1. The van der Waals surface area contributed by atoms with E-state index in [1.54, 1.807) is 10.9 Å². The van der Waals surface area contributed by atoms with E-state index in [2.05, 4.69) is 14.8 Å². The summed E-state index contributed by atoms with van der Waals surface area (Å²) in [5.74, 6) is 5.05. The fourth-order valence-corrected chi connectivity index (χ4v) is 2.44. The smallest absolute Gasteiger partial charge is 0.300 e. The van der Waals surface area contributed by atoms with Crippen molar-refractivity contribution in [2.24, 2.45) is 12.9 Å². The van der Waals surface area contributed by atoms with Crippen LogP contribution in [0, 0.1) is 0 Å². The van der Waals surface area contributed by atoms with Gasteiger partial charge in [-0.2, -0.15) is 4.98 Å². The van der Waals surface area contributed by atoms with Gasteiger partial charge in [0.05, 0.1) is 19.0 Å². The van der Waals surface area contributed by atoms with Gasteiger partial charge in [-0.25, -0.2) is 10.9 Å². The molecular formula is C11H15N5O3. The van der Waals surface area contributed by atoms with Gasteiger partial charge >= 0.3 is 5.56 Å². The van der Waals surface area contributed by atoms with E-state index in [0.29, 0.717) is 17.8 Å². The second-order valence-corrected chi connectivity index (χ2v) is 4.61. The first-order chi connectivity index (χ1) is 9.20. The van der Waals surface area contributed by atoms with E-state index in [4.69, 9.17) is 10.6 Å². The van der Waals surface area contributed by atoms with Crippen molar-refractivity contribution in [3.05, 3.63) is 23.0 Å². The van der Waals surface area contributed by atoms with Crippen LogP contribution in [-0.4, -0.2) is 31.8 Å². The van der Waals surface area contributed by atoms with Crippen LogP contribution in [-0.2, 0) is 16.6 Å². The number of aromatic nitrogens is 4. The maximum Gasteiger partial charge on any atom is 0.300 e. The topological polar surface area (TPSA) is 97.2 Å². The van der Waals surface area contributed by atoms with Crippen molar-refractivity contribution >= 4 is 11.2 Å². The maximum absolute atomic E-state index is 11.6. The summed E-state index contributed by atoms with van der Waals surface area (Å²) in [6.07, 6.45) is 4.61. The molecule has 2 unspecified atom stereocenters. The van der Waals surface area contributed by atoms with Gasteiger partial charge < -0.3 is 14.1 Å². The van der Waals surface area contributed by atoms with E-state index in [-0.39, 0.29) is 17.9 Å². The number of imidazole rings is 1. The molecule has 2 aromatic heterocycles. The summed E-state index contributed by atoms with van der Waals surface area (Å²) < 4.78 is 9.45. The van der Waals surface area contributed by atoms with Crippen LogP contribution in [0.25, 0.3) is 11.2 Å².